The molecule has 4 aromatic rings. The van der Waals surface area contributed by atoms with Crippen LogP contribution in [0.1, 0.15) is 56.6 Å². The van der Waals surface area contributed by atoms with Gasteiger partial charge in [-0.25, -0.2) is 4.98 Å². The zero-order valence-corrected chi connectivity index (χ0v) is 21.8. The highest BCUT2D eigenvalue weighted by Gasteiger charge is 2.41. The zero-order valence-electron chi connectivity index (χ0n) is 21.8. The van der Waals surface area contributed by atoms with Gasteiger partial charge in [0.1, 0.15) is 19.3 Å². The van der Waals surface area contributed by atoms with Crippen molar-refractivity contribution in [3.63, 3.8) is 0 Å². The molecule has 1 aliphatic carbocycles. The molecule has 6 rings (SSSR count). The number of aromatic nitrogens is 4. The fraction of sp³-hybridized carbons (Fsp3) is 0.379. The van der Waals surface area contributed by atoms with Crippen molar-refractivity contribution >= 4 is 30.7 Å². The molecule has 0 spiro atoms. The molecule has 2 fully saturated rings. The molecule has 4 heterocycles. The number of likely N-dealkylation sites (tertiary alicyclic amines) is 1. The predicted octanol–water partition coefficient (Wildman–Crippen LogP) is 2.70. The number of fused-ring (bicyclic) bond motifs is 1. The summed E-state index contributed by atoms with van der Waals surface area (Å²) in [7, 11) is 2.00. The Morgan fingerprint density at radius 1 is 1.00 bits per heavy atom. The van der Waals surface area contributed by atoms with E-state index in [2.05, 4.69) is 10.1 Å². The Kier molecular flexibility index (Phi) is 6.39. The van der Waals surface area contributed by atoms with Crippen molar-refractivity contribution in [2.24, 2.45) is 0 Å². The Morgan fingerprint density at radius 3 is 2.42 bits per heavy atom. The number of pyridine rings is 1. The second-order valence-electron chi connectivity index (χ2n) is 10.8. The molecule has 8 nitrogen and oxygen atoms in total. The number of benzene rings is 1. The van der Waals surface area contributed by atoms with Crippen molar-refractivity contribution < 1.29 is 9.90 Å². The van der Waals surface area contributed by atoms with Crippen molar-refractivity contribution in [3.05, 3.63) is 60.6 Å². The van der Waals surface area contributed by atoms with Crippen LogP contribution in [0.3, 0.4) is 0 Å². The lowest BCUT2D eigenvalue weighted by Crippen LogP contribution is -2.52. The highest BCUT2D eigenvalue weighted by atomic mass is 16.3. The molecular formula is C29H33BN6O2. The monoisotopic (exact) mass is 508 g/mol. The Morgan fingerprint density at radius 2 is 1.74 bits per heavy atom. The van der Waals surface area contributed by atoms with E-state index in [4.69, 9.17) is 10.7 Å². The van der Waals surface area contributed by atoms with Gasteiger partial charge >= 0.3 is 0 Å². The normalized spacial score (nSPS) is 18.1. The number of hydrogen-bond acceptors (Lipinski definition) is 6. The molecule has 3 aromatic heterocycles. The van der Waals surface area contributed by atoms with Crippen molar-refractivity contribution in [1.82, 2.24) is 24.5 Å². The van der Waals surface area contributed by atoms with Gasteiger partial charge in [0.25, 0.3) is 5.91 Å². The van der Waals surface area contributed by atoms with E-state index in [0.717, 1.165) is 65.6 Å². The number of nitrogens with two attached hydrogens (primary N) is 1. The topological polar surface area (TPSA) is 110 Å². The van der Waals surface area contributed by atoms with Crippen molar-refractivity contribution in [1.29, 1.82) is 0 Å². The number of nitrogens with zero attached hydrogens (tertiary/aromatic N) is 5. The molecule has 2 aliphatic rings. The summed E-state index contributed by atoms with van der Waals surface area (Å²) in [6.07, 6.45) is 9.32. The van der Waals surface area contributed by atoms with E-state index in [1.54, 1.807) is 10.7 Å². The lowest BCUT2D eigenvalue weighted by atomic mass is 9.81. The number of rotatable bonds is 4. The number of anilines is 1. The van der Waals surface area contributed by atoms with Crippen LogP contribution in [0.15, 0.2) is 54.9 Å². The maximum absolute atomic E-state index is 13.1. The number of nitrogen functional groups attached to an aromatic ring is 1. The van der Waals surface area contributed by atoms with Gasteiger partial charge in [-0.2, -0.15) is 9.61 Å². The molecule has 1 aromatic carbocycles. The van der Waals surface area contributed by atoms with Gasteiger partial charge in [0, 0.05) is 47.6 Å². The van der Waals surface area contributed by atoms with Crippen LogP contribution in [0.25, 0.3) is 28.0 Å². The lowest BCUT2D eigenvalue weighted by Gasteiger charge is -2.39. The first-order valence-electron chi connectivity index (χ1n) is 13.6. The average molecular weight is 508 g/mol. The van der Waals surface area contributed by atoms with E-state index in [1.165, 1.54) is 0 Å². The summed E-state index contributed by atoms with van der Waals surface area (Å²) in [5, 5.41) is 15.5. The van der Waals surface area contributed by atoms with Crippen molar-refractivity contribution in [2.75, 3.05) is 18.8 Å². The van der Waals surface area contributed by atoms with E-state index in [-0.39, 0.29) is 11.8 Å². The first-order valence-corrected chi connectivity index (χ1v) is 13.6. The van der Waals surface area contributed by atoms with Gasteiger partial charge in [-0.05, 0) is 37.2 Å². The van der Waals surface area contributed by atoms with E-state index in [1.807, 2.05) is 61.4 Å². The van der Waals surface area contributed by atoms with E-state index >= 15 is 0 Å². The Bertz CT molecular complexity index is 1460. The van der Waals surface area contributed by atoms with Crippen LogP contribution >= 0.6 is 0 Å². The van der Waals surface area contributed by atoms with Gasteiger partial charge < -0.3 is 15.7 Å². The number of carbonyl (C=O) groups excluding carboxylic acids is 1. The average Bonchev–Trinajstić information content (AvgIpc) is 3.40. The smallest absolute Gasteiger partial charge is 0.254 e. The molecule has 1 saturated carbocycles. The molecule has 194 valence electrons. The summed E-state index contributed by atoms with van der Waals surface area (Å²) in [4.78, 5) is 24.7. The molecule has 0 bridgehead atoms. The summed E-state index contributed by atoms with van der Waals surface area (Å²) in [6, 6.07) is 14.2. The molecule has 1 amide bonds. The summed E-state index contributed by atoms with van der Waals surface area (Å²) < 4.78 is 1.70. The van der Waals surface area contributed by atoms with Crippen molar-refractivity contribution in [2.45, 2.75) is 56.5 Å². The molecule has 1 saturated heterocycles. The fourth-order valence-corrected chi connectivity index (χ4v) is 6.05. The number of aliphatic hydroxyl groups is 1. The molecule has 0 atom stereocenters. The van der Waals surface area contributed by atoms with Crippen LogP contribution in [0.2, 0.25) is 0 Å². The summed E-state index contributed by atoms with van der Waals surface area (Å²) >= 11 is 0. The first kappa shape index (κ1) is 24.6. The lowest BCUT2D eigenvalue weighted by molar-refractivity contribution is -0.155. The third kappa shape index (κ3) is 4.34. The minimum atomic E-state index is -1.18. The highest BCUT2D eigenvalue weighted by Crippen LogP contribution is 2.34. The standard InChI is InChI=1S/C29H33BN6O2/c30-24-25(20-11-15-35(16-12-20)28(37)29(38)13-5-2-6-14-29)34-27-22(18-33-36(27)26(24)31)21-9-10-23(32-17-21)19-7-3-1-4-8-19/h1,3-4,7-10,17-18,20,38H,2,5-6,11-16,30-31H2. The Hall–Kier alpha value is -3.72. The van der Waals surface area contributed by atoms with Crippen LogP contribution in [0.5, 0.6) is 0 Å². The van der Waals surface area contributed by atoms with Crippen LogP contribution in [-0.4, -0.2) is 62.0 Å². The SMILES string of the molecule is Bc1c(C2CCN(C(=O)C3(O)CCCCC3)CC2)nc2c(-c3ccc(-c4ccccc4)nc3)cnn2c1N. The molecule has 3 N–H and O–H groups in total. The highest BCUT2D eigenvalue weighted by molar-refractivity contribution is 6.36. The van der Waals surface area contributed by atoms with Gasteiger partial charge in [0.2, 0.25) is 0 Å². The quantitative estimate of drug-likeness (QED) is 0.411. The van der Waals surface area contributed by atoms with Gasteiger partial charge in [0.05, 0.1) is 11.9 Å². The molecule has 1 aliphatic heterocycles. The maximum atomic E-state index is 13.1. The Labute approximate surface area is 223 Å². The minimum Gasteiger partial charge on any atom is -0.384 e. The fourth-order valence-electron chi connectivity index (χ4n) is 6.05. The van der Waals surface area contributed by atoms with Crippen LogP contribution < -0.4 is 11.2 Å². The molecule has 0 radical (unpaired) electrons. The zero-order chi connectivity index (χ0) is 26.3. The van der Waals surface area contributed by atoms with E-state index in [0.29, 0.717) is 37.4 Å². The van der Waals surface area contributed by atoms with E-state index in [9.17, 15) is 9.90 Å². The first-order chi connectivity index (χ1) is 18.4. The second-order valence-corrected chi connectivity index (χ2v) is 10.8. The van der Waals surface area contributed by atoms with Gasteiger partial charge in [-0.15, -0.1) is 0 Å². The van der Waals surface area contributed by atoms with Crippen LogP contribution in [0, 0.1) is 0 Å². The van der Waals surface area contributed by atoms with Crippen LogP contribution in [-0.2, 0) is 4.79 Å². The minimum absolute atomic E-state index is 0.0974. The number of amides is 1. The summed E-state index contributed by atoms with van der Waals surface area (Å²) in [5.74, 6) is 0.675. The van der Waals surface area contributed by atoms with Gasteiger partial charge in [-0.1, -0.05) is 55.7 Å². The van der Waals surface area contributed by atoms with E-state index < -0.39 is 5.60 Å². The summed E-state index contributed by atoms with van der Waals surface area (Å²) in [5.41, 5.74) is 11.8. The van der Waals surface area contributed by atoms with Crippen molar-refractivity contribution in [3.8, 4) is 22.4 Å². The molecule has 9 heteroatoms. The largest absolute Gasteiger partial charge is 0.384 e. The molecule has 38 heavy (non-hydrogen) atoms. The molecular weight excluding hydrogens is 475 g/mol. The third-order valence-corrected chi connectivity index (χ3v) is 8.36. The second kappa shape index (κ2) is 9.87. The maximum Gasteiger partial charge on any atom is 0.254 e. The summed E-state index contributed by atoms with van der Waals surface area (Å²) in [6.45, 7) is 1.24. The third-order valence-electron chi connectivity index (χ3n) is 8.36. The van der Waals surface area contributed by atoms with Gasteiger partial charge in [0.15, 0.2) is 5.65 Å². The number of piperidine rings is 1. The number of hydrogen-bond donors (Lipinski definition) is 2. The molecule has 0 unspecified atom stereocenters. The number of carbonyl (C=O) groups is 1. The van der Waals surface area contributed by atoms with Crippen LogP contribution in [0.4, 0.5) is 5.82 Å². The Balaban J connectivity index is 1.25. The van der Waals surface area contributed by atoms with Gasteiger partial charge in [-0.3, -0.25) is 9.78 Å². The predicted molar refractivity (Wildman–Crippen MR) is 151 cm³/mol.